The highest BCUT2D eigenvalue weighted by Gasteiger charge is 2.48. The van der Waals surface area contributed by atoms with Crippen LogP contribution in [-0.2, 0) is 38.3 Å². The van der Waals surface area contributed by atoms with Crippen molar-refractivity contribution in [2.75, 3.05) is 26.4 Å². The molecule has 1 aliphatic heterocycles. The fourth-order valence-electron chi connectivity index (χ4n) is 6.04. The van der Waals surface area contributed by atoms with Crippen LogP contribution >= 0.6 is 0 Å². The van der Waals surface area contributed by atoms with Crippen LogP contribution in [0.25, 0.3) is 0 Å². The molecule has 0 spiro atoms. The molecule has 0 saturated carbocycles. The number of esters is 1. The number of hydrogen-bond acceptors (Lipinski definition) is 11. The van der Waals surface area contributed by atoms with Crippen molar-refractivity contribution in [2.24, 2.45) is 0 Å². The largest absolute Gasteiger partial charge is 0.457 e. The maximum Gasteiger partial charge on any atom is 0.397 e. The third kappa shape index (κ3) is 32.4. The van der Waals surface area contributed by atoms with E-state index in [0.29, 0.717) is 13.0 Å². The molecule has 0 aromatic heterocycles. The molecule has 12 nitrogen and oxygen atoms in total. The minimum absolute atomic E-state index is 0.00640. The van der Waals surface area contributed by atoms with Gasteiger partial charge in [-0.2, -0.15) is 8.42 Å². The first kappa shape index (κ1) is 56.8. The van der Waals surface area contributed by atoms with Gasteiger partial charge < -0.3 is 34.3 Å². The molecule has 62 heavy (non-hydrogen) atoms. The van der Waals surface area contributed by atoms with Crippen molar-refractivity contribution in [3.63, 3.8) is 0 Å². The van der Waals surface area contributed by atoms with Crippen LogP contribution in [0.2, 0.25) is 0 Å². The molecule has 0 amide bonds. The molecule has 1 saturated heterocycles. The molecule has 1 rings (SSSR count). The highest BCUT2D eigenvalue weighted by molar-refractivity contribution is 7.80. The van der Waals surface area contributed by atoms with E-state index in [0.717, 1.165) is 103 Å². The SMILES string of the molecule is CC/C=C\C/C=C\C/C=C\C/C=C\C/C=C\CCCCCCOCC(COC1OC(CO)C(O)C(OS(=O)(=O)O)C1O)OC(=O)CCCC/C=C\C/C=C\C/C=C\C/C=C\CC. The Kier molecular flexibility index (Phi) is 36.0. The summed E-state index contributed by atoms with van der Waals surface area (Å²) >= 11 is 0. The molecule has 352 valence electrons. The number of aliphatic hydroxyl groups is 3. The smallest absolute Gasteiger partial charge is 0.397 e. The second-order valence-corrected chi connectivity index (χ2v) is 15.9. The first-order valence-electron chi connectivity index (χ1n) is 22.6. The number of rotatable bonds is 37. The number of unbranched alkanes of at least 4 members (excludes halogenated alkanes) is 6. The number of hydrogen-bond donors (Lipinski definition) is 4. The first-order chi connectivity index (χ1) is 30.1. The van der Waals surface area contributed by atoms with E-state index in [1.54, 1.807) is 0 Å². The minimum atomic E-state index is -5.08. The van der Waals surface area contributed by atoms with Crippen LogP contribution in [0.3, 0.4) is 0 Å². The van der Waals surface area contributed by atoms with Gasteiger partial charge in [0, 0.05) is 13.0 Å². The van der Waals surface area contributed by atoms with Gasteiger partial charge in [0.2, 0.25) is 0 Å². The van der Waals surface area contributed by atoms with Crippen LogP contribution < -0.4 is 0 Å². The molecular weight excluding hydrogens is 813 g/mol. The lowest BCUT2D eigenvalue weighted by Crippen LogP contribution is -2.60. The molecule has 4 N–H and O–H groups in total. The Morgan fingerprint density at radius 3 is 1.53 bits per heavy atom. The highest BCUT2D eigenvalue weighted by atomic mass is 32.3. The second kappa shape index (κ2) is 39.4. The monoisotopic (exact) mass is 891 g/mol. The fraction of sp³-hybridized carbons (Fsp3) is 0.612. The van der Waals surface area contributed by atoms with E-state index in [1.165, 1.54) is 0 Å². The number of carbonyl (C=O) groups excluding carboxylic acids is 1. The summed E-state index contributed by atoms with van der Waals surface area (Å²) < 4.78 is 59.0. The van der Waals surface area contributed by atoms with Crippen LogP contribution in [0.5, 0.6) is 0 Å². The molecule has 0 aromatic rings. The zero-order valence-electron chi connectivity index (χ0n) is 37.4. The fourth-order valence-corrected chi connectivity index (χ4v) is 6.55. The normalized spacial score (nSPS) is 21.0. The van der Waals surface area contributed by atoms with Gasteiger partial charge in [-0.25, -0.2) is 4.18 Å². The van der Waals surface area contributed by atoms with Gasteiger partial charge in [0.15, 0.2) is 6.29 Å². The average molecular weight is 891 g/mol. The first-order valence-corrected chi connectivity index (χ1v) is 24.0. The number of aliphatic hydroxyl groups excluding tert-OH is 3. The molecule has 6 atom stereocenters. The summed E-state index contributed by atoms with van der Waals surface area (Å²) in [6.07, 6.45) is 45.5. The third-order valence-electron chi connectivity index (χ3n) is 9.39. The molecule has 0 aliphatic carbocycles. The lowest BCUT2D eigenvalue weighted by atomic mass is 9.99. The summed E-state index contributed by atoms with van der Waals surface area (Å²) in [6.45, 7) is 3.61. The number of ether oxygens (including phenoxy) is 4. The Balaban J connectivity index is 2.49. The Morgan fingerprint density at radius 1 is 0.613 bits per heavy atom. The summed E-state index contributed by atoms with van der Waals surface area (Å²) in [5, 5.41) is 30.7. The zero-order chi connectivity index (χ0) is 45.4. The molecular formula is C49H78O12S. The molecule has 6 unspecified atom stereocenters. The topological polar surface area (TPSA) is 178 Å². The van der Waals surface area contributed by atoms with Crippen LogP contribution in [0.1, 0.15) is 129 Å². The van der Waals surface area contributed by atoms with Crippen molar-refractivity contribution in [3.05, 3.63) is 109 Å². The van der Waals surface area contributed by atoms with E-state index in [9.17, 15) is 28.5 Å². The van der Waals surface area contributed by atoms with Gasteiger partial charge in [-0.05, 0) is 96.3 Å². The Labute approximate surface area is 373 Å². The molecule has 1 fully saturated rings. The number of carbonyl (C=O) groups is 1. The van der Waals surface area contributed by atoms with Crippen LogP contribution in [0, 0.1) is 0 Å². The molecule has 1 heterocycles. The van der Waals surface area contributed by atoms with E-state index < -0.39 is 59.8 Å². The van der Waals surface area contributed by atoms with Crippen LogP contribution in [0.4, 0.5) is 0 Å². The van der Waals surface area contributed by atoms with Crippen molar-refractivity contribution >= 4 is 16.4 Å². The third-order valence-corrected chi connectivity index (χ3v) is 9.86. The summed E-state index contributed by atoms with van der Waals surface area (Å²) in [5.41, 5.74) is 0. The van der Waals surface area contributed by atoms with Crippen molar-refractivity contribution in [1.29, 1.82) is 0 Å². The summed E-state index contributed by atoms with van der Waals surface area (Å²) in [4.78, 5) is 12.8. The van der Waals surface area contributed by atoms with Crippen molar-refractivity contribution in [3.8, 4) is 0 Å². The van der Waals surface area contributed by atoms with E-state index in [-0.39, 0.29) is 19.6 Å². The van der Waals surface area contributed by atoms with E-state index in [4.69, 9.17) is 23.5 Å². The predicted molar refractivity (Wildman–Crippen MR) is 248 cm³/mol. The van der Waals surface area contributed by atoms with Crippen LogP contribution in [-0.4, -0.2) is 97.5 Å². The maximum absolute atomic E-state index is 12.8. The molecule has 13 heteroatoms. The summed E-state index contributed by atoms with van der Waals surface area (Å²) in [6, 6.07) is 0. The zero-order valence-corrected chi connectivity index (χ0v) is 38.2. The summed E-state index contributed by atoms with van der Waals surface area (Å²) in [7, 11) is -5.08. The highest BCUT2D eigenvalue weighted by Crippen LogP contribution is 2.26. The quantitative estimate of drug-likeness (QED) is 0.0201. The lowest BCUT2D eigenvalue weighted by Gasteiger charge is -2.41. The van der Waals surface area contributed by atoms with E-state index in [2.05, 4.69) is 127 Å². The minimum Gasteiger partial charge on any atom is -0.457 e. The molecule has 0 radical (unpaired) electrons. The van der Waals surface area contributed by atoms with Gasteiger partial charge in [-0.15, -0.1) is 0 Å². The predicted octanol–water partition coefficient (Wildman–Crippen LogP) is 9.63. The van der Waals surface area contributed by atoms with Crippen molar-refractivity contribution in [2.45, 2.75) is 166 Å². The molecule has 0 aromatic carbocycles. The number of allylic oxidation sites excluding steroid dienone is 18. The average Bonchev–Trinajstić information content (AvgIpc) is 3.24. The Morgan fingerprint density at radius 2 is 1.06 bits per heavy atom. The van der Waals surface area contributed by atoms with Gasteiger partial charge in [-0.3, -0.25) is 9.35 Å². The van der Waals surface area contributed by atoms with Gasteiger partial charge >= 0.3 is 16.4 Å². The standard InChI is InChI=1S/C49H78O12S/c1-3-5-7-9-11-13-15-17-19-20-21-22-23-25-27-29-31-33-35-37-39-57-41-43(42-58-49-47(53)48(61-62(54,55)56)46(52)44(40-50)60-49)59-45(51)38-36-34-32-30-28-26-24-18-16-14-12-10-8-6-4-2/h5-8,11-14,17-19,21-22,24-25,27-28,30,43-44,46-50,52-53H,3-4,9-10,15-16,20,23,26,29,31-42H2,1-2H3,(H,54,55,56)/b7-5-,8-6-,13-11-,14-12-,19-17-,22-21-,24-18-,27-25-,30-28-. The van der Waals surface area contributed by atoms with Crippen molar-refractivity contribution < 1.29 is 56.2 Å². The van der Waals surface area contributed by atoms with Gasteiger partial charge in [0.05, 0.1) is 19.8 Å². The molecule has 0 bridgehead atoms. The maximum atomic E-state index is 12.8. The van der Waals surface area contributed by atoms with Gasteiger partial charge in [0.1, 0.15) is 30.5 Å². The second-order valence-electron chi connectivity index (χ2n) is 14.9. The van der Waals surface area contributed by atoms with Gasteiger partial charge in [-0.1, -0.05) is 136 Å². The molecule has 1 aliphatic rings. The Bertz CT molecular complexity index is 1490. The van der Waals surface area contributed by atoms with E-state index >= 15 is 0 Å². The van der Waals surface area contributed by atoms with Gasteiger partial charge in [0.25, 0.3) is 0 Å². The van der Waals surface area contributed by atoms with E-state index in [1.807, 2.05) is 0 Å². The summed E-state index contributed by atoms with van der Waals surface area (Å²) in [5.74, 6) is -0.455. The van der Waals surface area contributed by atoms with Crippen LogP contribution in [0.15, 0.2) is 109 Å². The Hall–Kier alpha value is -3.24. The lowest BCUT2D eigenvalue weighted by molar-refractivity contribution is -0.301. The van der Waals surface area contributed by atoms with Crippen molar-refractivity contribution in [1.82, 2.24) is 0 Å².